The highest BCUT2D eigenvalue weighted by molar-refractivity contribution is 6.34. The van der Waals surface area contributed by atoms with Crippen LogP contribution in [0.4, 0.5) is 17.2 Å². The summed E-state index contributed by atoms with van der Waals surface area (Å²) in [6, 6.07) is 18.6. The second kappa shape index (κ2) is 11.6. The molecule has 0 unspecified atom stereocenters. The molecular weight excluding hydrogens is 570 g/mol. The molecule has 1 aliphatic heterocycles. The number of nitrogens with zero attached hydrogens (tertiary/aromatic N) is 3. The van der Waals surface area contributed by atoms with Crippen molar-refractivity contribution < 1.29 is 28.7 Å². The number of ether oxygens (including phenoxy) is 1. The van der Waals surface area contributed by atoms with Gasteiger partial charge in [-0.2, -0.15) is 0 Å². The third-order valence-electron chi connectivity index (χ3n) is 6.95. The molecule has 0 atom stereocenters. The van der Waals surface area contributed by atoms with Crippen LogP contribution in [0.25, 0.3) is 0 Å². The number of anilines is 3. The number of imide groups is 1. The van der Waals surface area contributed by atoms with Crippen LogP contribution in [0.1, 0.15) is 53.9 Å². The standard InChI is InChI=1S/C31H25N5O8/c1-17(37)33-20-9-11-21(12-10-20)36-27(39)22-13-8-19(14-23(22)28(36)40)30(42)44-16-24(38)25-26(32)35(31(43)34(2)29(25)41)15-18-6-4-3-5-7-18/h3-14H,15-16,32H2,1-2H3,(H,33,37). The number of nitrogens with one attached hydrogen (secondary N) is 1. The zero-order chi connectivity index (χ0) is 31.7. The average Bonchev–Trinajstić information content (AvgIpc) is 3.26. The highest BCUT2D eigenvalue weighted by Crippen LogP contribution is 2.30. The number of hydrogen-bond donors (Lipinski definition) is 2. The normalized spacial score (nSPS) is 12.2. The lowest BCUT2D eigenvalue weighted by Gasteiger charge is -2.15. The van der Waals surface area contributed by atoms with Gasteiger partial charge in [-0.15, -0.1) is 0 Å². The van der Waals surface area contributed by atoms with E-state index >= 15 is 0 Å². The molecule has 4 aromatic rings. The van der Waals surface area contributed by atoms with Crippen molar-refractivity contribution in [3.63, 3.8) is 0 Å². The van der Waals surface area contributed by atoms with Gasteiger partial charge in [-0.1, -0.05) is 30.3 Å². The maximum atomic E-state index is 13.1. The van der Waals surface area contributed by atoms with Crippen LogP contribution in [0.2, 0.25) is 0 Å². The smallest absolute Gasteiger partial charge is 0.338 e. The molecular formula is C31H25N5O8. The summed E-state index contributed by atoms with van der Waals surface area (Å²) in [7, 11) is 1.21. The van der Waals surface area contributed by atoms with Crippen LogP contribution in [0.3, 0.4) is 0 Å². The van der Waals surface area contributed by atoms with Crippen LogP contribution in [0.5, 0.6) is 0 Å². The van der Waals surface area contributed by atoms with Crippen LogP contribution < -0.4 is 27.2 Å². The van der Waals surface area contributed by atoms with E-state index in [2.05, 4.69) is 5.32 Å². The van der Waals surface area contributed by atoms with E-state index in [0.29, 0.717) is 11.3 Å². The molecule has 222 valence electrons. The molecule has 5 rings (SSSR count). The van der Waals surface area contributed by atoms with Crippen LogP contribution in [0.15, 0.2) is 82.4 Å². The molecule has 0 radical (unpaired) electrons. The van der Waals surface area contributed by atoms with Crippen molar-refractivity contribution in [2.45, 2.75) is 13.5 Å². The van der Waals surface area contributed by atoms with E-state index in [0.717, 1.165) is 14.0 Å². The third kappa shape index (κ3) is 5.41. The van der Waals surface area contributed by atoms with Crippen LogP contribution in [-0.2, 0) is 23.1 Å². The first-order valence-electron chi connectivity index (χ1n) is 13.2. The Balaban J connectivity index is 1.33. The van der Waals surface area contributed by atoms with E-state index in [1.807, 2.05) is 0 Å². The summed E-state index contributed by atoms with van der Waals surface area (Å²) < 4.78 is 6.96. The lowest BCUT2D eigenvalue weighted by Crippen LogP contribution is -2.43. The summed E-state index contributed by atoms with van der Waals surface area (Å²) in [5, 5.41) is 2.59. The van der Waals surface area contributed by atoms with Gasteiger partial charge in [0.15, 0.2) is 6.61 Å². The van der Waals surface area contributed by atoms with Crippen molar-refractivity contribution in [2.24, 2.45) is 7.05 Å². The first-order chi connectivity index (χ1) is 21.0. The van der Waals surface area contributed by atoms with E-state index in [9.17, 15) is 33.6 Å². The largest absolute Gasteiger partial charge is 0.454 e. The molecule has 3 N–H and O–H groups in total. The minimum Gasteiger partial charge on any atom is -0.454 e. The molecule has 2 heterocycles. The fourth-order valence-corrected chi connectivity index (χ4v) is 4.75. The van der Waals surface area contributed by atoms with E-state index in [4.69, 9.17) is 10.5 Å². The Morgan fingerprint density at radius 3 is 2.18 bits per heavy atom. The second-order valence-electron chi connectivity index (χ2n) is 9.91. The maximum Gasteiger partial charge on any atom is 0.338 e. The van der Waals surface area contributed by atoms with Gasteiger partial charge < -0.3 is 15.8 Å². The number of carbonyl (C=O) groups is 5. The highest BCUT2D eigenvalue weighted by Gasteiger charge is 2.37. The lowest BCUT2D eigenvalue weighted by molar-refractivity contribution is -0.114. The van der Waals surface area contributed by atoms with Gasteiger partial charge in [-0.3, -0.25) is 33.1 Å². The number of nitrogen functional groups attached to an aromatic ring is 1. The quantitative estimate of drug-likeness (QED) is 0.175. The zero-order valence-corrected chi connectivity index (χ0v) is 23.5. The number of nitrogens with two attached hydrogens (primary N) is 1. The molecule has 0 spiro atoms. The van der Waals surface area contributed by atoms with Crippen molar-refractivity contribution in [1.29, 1.82) is 0 Å². The van der Waals surface area contributed by atoms with Crippen molar-refractivity contribution in [2.75, 3.05) is 22.6 Å². The van der Waals surface area contributed by atoms with Crippen LogP contribution >= 0.6 is 0 Å². The number of esters is 1. The van der Waals surface area contributed by atoms with Crippen molar-refractivity contribution in [3.8, 4) is 0 Å². The zero-order valence-electron chi connectivity index (χ0n) is 23.5. The molecule has 13 heteroatoms. The number of hydrogen-bond acceptors (Lipinski definition) is 9. The van der Waals surface area contributed by atoms with Gasteiger partial charge in [0.05, 0.1) is 28.9 Å². The predicted octanol–water partition coefficient (Wildman–Crippen LogP) is 1.98. The number of Topliss-reactive ketones (excluding diaryl/α,β-unsaturated/α-hetero) is 1. The third-order valence-corrected chi connectivity index (χ3v) is 6.95. The maximum absolute atomic E-state index is 13.1. The van der Waals surface area contributed by atoms with Gasteiger partial charge in [-0.25, -0.2) is 14.5 Å². The van der Waals surface area contributed by atoms with E-state index < -0.39 is 47.0 Å². The molecule has 13 nitrogen and oxygen atoms in total. The van der Waals surface area contributed by atoms with Gasteiger partial charge in [0.25, 0.3) is 17.4 Å². The number of ketones is 1. The van der Waals surface area contributed by atoms with Gasteiger partial charge in [0, 0.05) is 19.7 Å². The average molecular weight is 596 g/mol. The number of aromatic nitrogens is 2. The first-order valence-corrected chi connectivity index (χ1v) is 13.2. The topological polar surface area (TPSA) is 180 Å². The number of benzene rings is 3. The lowest BCUT2D eigenvalue weighted by atomic mass is 10.1. The predicted molar refractivity (Wildman–Crippen MR) is 159 cm³/mol. The van der Waals surface area contributed by atoms with Crippen LogP contribution in [0, 0.1) is 0 Å². The molecule has 3 aromatic carbocycles. The minimum atomic E-state index is -0.993. The summed E-state index contributed by atoms with van der Waals surface area (Å²) in [5.41, 5.74) is 5.26. The second-order valence-corrected chi connectivity index (χ2v) is 9.91. The van der Waals surface area contributed by atoms with E-state index in [-0.39, 0.29) is 40.6 Å². The van der Waals surface area contributed by atoms with Gasteiger partial charge in [-0.05, 0) is 48.0 Å². The highest BCUT2D eigenvalue weighted by atomic mass is 16.5. The molecule has 0 aliphatic carbocycles. The van der Waals surface area contributed by atoms with Crippen molar-refractivity contribution >= 4 is 46.7 Å². The number of carbonyl (C=O) groups excluding carboxylic acids is 5. The van der Waals surface area contributed by atoms with E-state index in [1.165, 1.54) is 56.4 Å². The summed E-state index contributed by atoms with van der Waals surface area (Å²) in [6.45, 7) is 0.469. The first kappa shape index (κ1) is 29.4. The Hall–Kier alpha value is -6.11. The molecule has 0 bridgehead atoms. The van der Waals surface area contributed by atoms with E-state index in [1.54, 1.807) is 30.3 Å². The minimum absolute atomic E-state index is 0.00195. The summed E-state index contributed by atoms with van der Waals surface area (Å²) in [4.78, 5) is 89.7. The molecule has 0 saturated heterocycles. The van der Waals surface area contributed by atoms with Crippen molar-refractivity contribution in [3.05, 3.63) is 121 Å². The number of fused-ring (bicyclic) bond motifs is 1. The monoisotopic (exact) mass is 595 g/mol. The Morgan fingerprint density at radius 1 is 0.864 bits per heavy atom. The molecule has 3 amide bonds. The van der Waals surface area contributed by atoms with Gasteiger partial charge in [0.1, 0.15) is 11.4 Å². The SMILES string of the molecule is CC(=O)Nc1ccc(N2C(=O)c3ccc(C(=O)OCC(=O)c4c(N)n(Cc5ccccc5)c(=O)n(C)c4=O)cc3C2=O)cc1. The molecule has 1 aromatic heterocycles. The number of amides is 3. The Morgan fingerprint density at radius 2 is 1.52 bits per heavy atom. The molecule has 44 heavy (non-hydrogen) atoms. The fraction of sp³-hybridized carbons (Fsp3) is 0.129. The Bertz CT molecular complexity index is 1980. The summed E-state index contributed by atoms with van der Waals surface area (Å²) >= 11 is 0. The molecule has 0 saturated carbocycles. The summed E-state index contributed by atoms with van der Waals surface area (Å²) in [5.74, 6) is -3.86. The Labute approximate surface area is 249 Å². The fourth-order valence-electron chi connectivity index (χ4n) is 4.75. The Kier molecular flexibility index (Phi) is 7.77. The molecule has 1 aliphatic rings. The van der Waals surface area contributed by atoms with Crippen molar-refractivity contribution in [1.82, 2.24) is 9.13 Å². The molecule has 0 fully saturated rings. The summed E-state index contributed by atoms with van der Waals surface area (Å²) in [6.07, 6.45) is 0. The van der Waals surface area contributed by atoms with Gasteiger partial charge >= 0.3 is 11.7 Å². The van der Waals surface area contributed by atoms with Gasteiger partial charge in [0.2, 0.25) is 11.7 Å². The van der Waals surface area contributed by atoms with Crippen LogP contribution in [-0.4, -0.2) is 45.2 Å². The number of rotatable bonds is 8.